The molecule has 3 atom stereocenters. The van der Waals surface area contributed by atoms with Gasteiger partial charge in [-0.15, -0.1) is 11.8 Å². The van der Waals surface area contributed by atoms with Crippen LogP contribution in [-0.4, -0.2) is 61.2 Å². The van der Waals surface area contributed by atoms with E-state index in [1.54, 1.807) is 11.8 Å². The summed E-state index contributed by atoms with van der Waals surface area (Å²) in [6.45, 7) is 3.07. The lowest BCUT2D eigenvalue weighted by molar-refractivity contribution is -0.384. The molecule has 2 unspecified atom stereocenters. The third kappa shape index (κ3) is 6.95. The number of benzene rings is 2. The molecule has 12 heteroatoms. The number of nitro benzene ring substituents is 1. The molecule has 2 aromatic carbocycles. The van der Waals surface area contributed by atoms with Crippen molar-refractivity contribution in [2.45, 2.75) is 66.4 Å². The maximum absolute atomic E-state index is 15.0. The molecule has 0 aromatic heterocycles. The summed E-state index contributed by atoms with van der Waals surface area (Å²) < 4.78 is 42.7. The highest BCUT2D eigenvalue weighted by molar-refractivity contribution is 7.99. The molecule has 2 N–H and O–H groups in total. The van der Waals surface area contributed by atoms with Gasteiger partial charge in [0, 0.05) is 42.4 Å². The molecule has 0 radical (unpaired) electrons. The maximum Gasteiger partial charge on any atom is 0.293 e. The van der Waals surface area contributed by atoms with Crippen LogP contribution in [0.2, 0.25) is 0 Å². The Morgan fingerprint density at radius 2 is 1.82 bits per heavy atom. The number of fused-ring (bicyclic) bond motifs is 1. The van der Waals surface area contributed by atoms with Crippen molar-refractivity contribution >= 4 is 39.1 Å². The van der Waals surface area contributed by atoms with E-state index in [-0.39, 0.29) is 24.6 Å². The quantitative estimate of drug-likeness (QED) is 0.202. The van der Waals surface area contributed by atoms with E-state index in [0.29, 0.717) is 18.6 Å². The number of nitrogens with one attached hydrogen (secondary N) is 2. The molecule has 216 valence electrons. The maximum atomic E-state index is 15.0. The second-order valence-electron chi connectivity index (χ2n) is 11.2. The second kappa shape index (κ2) is 12.0. The van der Waals surface area contributed by atoms with Gasteiger partial charge in [-0.05, 0) is 74.6 Å². The Balaban J connectivity index is 1.30. The predicted octanol–water partition coefficient (Wildman–Crippen LogP) is 4.99. The highest BCUT2D eigenvalue weighted by atomic mass is 32.2. The molecule has 2 aromatic rings. The lowest BCUT2D eigenvalue weighted by Gasteiger charge is -2.27. The number of piperidine rings is 1. The van der Waals surface area contributed by atoms with Crippen molar-refractivity contribution in [1.82, 2.24) is 9.62 Å². The molecule has 1 saturated heterocycles. The van der Waals surface area contributed by atoms with E-state index in [1.165, 1.54) is 18.6 Å². The number of halogens is 1. The van der Waals surface area contributed by atoms with Crippen molar-refractivity contribution in [3.63, 3.8) is 0 Å². The highest BCUT2D eigenvalue weighted by Crippen LogP contribution is 2.45. The van der Waals surface area contributed by atoms with Crippen LogP contribution in [-0.2, 0) is 14.8 Å². The number of anilines is 1. The minimum absolute atomic E-state index is 0.0432. The molecule has 3 aliphatic rings. The van der Waals surface area contributed by atoms with E-state index >= 15 is 4.39 Å². The Hall–Kier alpha value is -2.70. The van der Waals surface area contributed by atoms with Crippen LogP contribution >= 0.6 is 11.8 Å². The van der Waals surface area contributed by atoms with Gasteiger partial charge < -0.3 is 10.2 Å². The number of thioether (sulfide) groups is 1. The van der Waals surface area contributed by atoms with E-state index in [2.05, 4.69) is 10.2 Å². The van der Waals surface area contributed by atoms with Crippen molar-refractivity contribution in [3.8, 4) is 0 Å². The summed E-state index contributed by atoms with van der Waals surface area (Å²) in [6, 6.07) is 13.3. The number of rotatable bonds is 12. The minimum Gasteiger partial charge on any atom is -0.376 e. The van der Waals surface area contributed by atoms with Crippen LogP contribution in [0.1, 0.15) is 44.9 Å². The highest BCUT2D eigenvalue weighted by Gasteiger charge is 2.45. The summed E-state index contributed by atoms with van der Waals surface area (Å²) in [4.78, 5) is 26.9. The van der Waals surface area contributed by atoms with Crippen molar-refractivity contribution in [3.05, 3.63) is 58.6 Å². The fourth-order valence-electron chi connectivity index (χ4n) is 5.71. The molecule has 2 saturated carbocycles. The normalized spacial score (nSPS) is 22.7. The van der Waals surface area contributed by atoms with Crippen LogP contribution in [0.4, 0.5) is 15.8 Å². The summed E-state index contributed by atoms with van der Waals surface area (Å²) in [6.07, 6.45) is 3.78. The molecule has 5 rings (SSSR count). The molecule has 40 heavy (non-hydrogen) atoms. The SMILES string of the molecule is O=C(NS(=O)(=O)c1ccc(N[C@H](CCN2CC3CC3C2)CSc2ccccc2)c([N+](=O)[O-])c1)C1(F)CCCCC1. The number of amides is 1. The lowest BCUT2D eigenvalue weighted by atomic mass is 9.86. The first-order chi connectivity index (χ1) is 19.1. The first kappa shape index (κ1) is 28.8. The van der Waals surface area contributed by atoms with Crippen molar-refractivity contribution < 1.29 is 22.5 Å². The number of hydrogen-bond acceptors (Lipinski definition) is 8. The van der Waals surface area contributed by atoms with Crippen LogP contribution in [0, 0.1) is 22.0 Å². The zero-order chi connectivity index (χ0) is 28.3. The third-order valence-electron chi connectivity index (χ3n) is 8.16. The topological polar surface area (TPSA) is 122 Å². The fraction of sp³-hybridized carbons (Fsp3) is 0.536. The molecule has 1 heterocycles. The van der Waals surface area contributed by atoms with Crippen molar-refractivity contribution in [2.75, 3.05) is 30.7 Å². The Kier molecular flexibility index (Phi) is 8.67. The first-order valence-electron chi connectivity index (χ1n) is 13.8. The molecule has 3 fully saturated rings. The average Bonchev–Trinajstić information content (AvgIpc) is 3.55. The van der Waals surface area contributed by atoms with Gasteiger partial charge in [-0.3, -0.25) is 14.9 Å². The summed E-state index contributed by atoms with van der Waals surface area (Å²) in [7, 11) is -4.50. The molecule has 2 aliphatic carbocycles. The molecular formula is C28H35FN4O5S2. The van der Waals surface area contributed by atoms with Crippen molar-refractivity contribution in [2.24, 2.45) is 11.8 Å². The van der Waals surface area contributed by atoms with Gasteiger partial charge in [-0.25, -0.2) is 17.5 Å². The molecule has 0 spiro atoms. The monoisotopic (exact) mass is 590 g/mol. The van der Waals surface area contributed by atoms with E-state index in [4.69, 9.17) is 0 Å². The fourth-order valence-corrected chi connectivity index (χ4v) is 7.76. The van der Waals surface area contributed by atoms with Gasteiger partial charge in [0.2, 0.25) is 0 Å². The van der Waals surface area contributed by atoms with Gasteiger partial charge in [0.1, 0.15) is 5.69 Å². The number of nitro groups is 1. The van der Waals surface area contributed by atoms with Crippen LogP contribution in [0.25, 0.3) is 0 Å². The largest absolute Gasteiger partial charge is 0.376 e. The van der Waals surface area contributed by atoms with E-state index in [0.717, 1.165) is 55.3 Å². The summed E-state index contributed by atoms with van der Waals surface area (Å²) in [5.74, 6) is 1.07. The zero-order valence-corrected chi connectivity index (χ0v) is 23.9. The number of nitrogens with zero attached hydrogens (tertiary/aromatic N) is 2. The van der Waals surface area contributed by atoms with Crippen LogP contribution < -0.4 is 10.0 Å². The number of alkyl halides is 1. The summed E-state index contributed by atoms with van der Waals surface area (Å²) in [5.41, 5.74) is -2.47. The number of hydrogen-bond donors (Lipinski definition) is 2. The molecular weight excluding hydrogens is 555 g/mol. The van der Waals surface area contributed by atoms with Gasteiger partial charge >= 0.3 is 0 Å². The Labute approximate surface area is 238 Å². The van der Waals surface area contributed by atoms with Crippen LogP contribution in [0.15, 0.2) is 58.3 Å². The molecule has 9 nitrogen and oxygen atoms in total. The number of carbonyl (C=O) groups excluding carboxylic acids is 1. The Bertz CT molecular complexity index is 1330. The first-order valence-corrected chi connectivity index (χ1v) is 16.3. The van der Waals surface area contributed by atoms with Gasteiger partial charge in [0.15, 0.2) is 5.67 Å². The standard InChI is InChI=1S/C28H35FN4O5S2/c29-28(12-5-2-6-13-28)27(34)31-40(37,38)24-9-10-25(26(16-24)33(35)36)30-22(19-39-23-7-3-1-4-8-23)11-14-32-17-20-15-21(20)18-32/h1,3-4,7-10,16,20-22,30H,2,5-6,11-15,17-19H2,(H,31,34)/t20?,21?,22-/m1/s1. The van der Waals surface area contributed by atoms with Crippen LogP contribution in [0.3, 0.4) is 0 Å². The molecule has 0 bridgehead atoms. The number of sulfonamides is 1. The second-order valence-corrected chi connectivity index (χ2v) is 13.9. The Morgan fingerprint density at radius 1 is 1.12 bits per heavy atom. The van der Waals surface area contributed by atoms with Crippen molar-refractivity contribution in [1.29, 1.82) is 0 Å². The molecule has 1 amide bonds. The van der Waals surface area contributed by atoms with Gasteiger partial charge in [-0.2, -0.15) is 0 Å². The average molecular weight is 591 g/mol. The predicted molar refractivity (Wildman–Crippen MR) is 153 cm³/mol. The van der Waals surface area contributed by atoms with Gasteiger partial charge in [0.25, 0.3) is 21.6 Å². The lowest BCUT2D eigenvalue weighted by Crippen LogP contribution is -2.46. The number of likely N-dealkylation sites (tertiary alicyclic amines) is 1. The molecule has 1 aliphatic heterocycles. The van der Waals surface area contributed by atoms with E-state index in [1.807, 2.05) is 35.1 Å². The Morgan fingerprint density at radius 3 is 2.50 bits per heavy atom. The van der Waals surface area contributed by atoms with Gasteiger partial charge in [0.05, 0.1) is 9.82 Å². The van der Waals surface area contributed by atoms with E-state index < -0.39 is 37.1 Å². The van der Waals surface area contributed by atoms with E-state index in [9.17, 15) is 23.3 Å². The third-order valence-corrected chi connectivity index (χ3v) is 10.7. The summed E-state index contributed by atoms with van der Waals surface area (Å²) in [5, 5.41) is 15.3. The van der Waals surface area contributed by atoms with Crippen LogP contribution in [0.5, 0.6) is 0 Å². The minimum atomic E-state index is -4.50. The smallest absolute Gasteiger partial charge is 0.293 e. The van der Waals surface area contributed by atoms with Gasteiger partial charge in [-0.1, -0.05) is 24.6 Å². The number of carbonyl (C=O) groups is 1. The summed E-state index contributed by atoms with van der Waals surface area (Å²) >= 11 is 1.65. The zero-order valence-electron chi connectivity index (χ0n) is 22.3.